The van der Waals surface area contributed by atoms with Crippen molar-refractivity contribution in [1.82, 2.24) is 0 Å². The summed E-state index contributed by atoms with van der Waals surface area (Å²) in [5.74, 6) is 0. The second-order valence-electron chi connectivity index (χ2n) is 5.37. The fraction of sp³-hybridized carbons (Fsp3) is 0.125. The highest BCUT2D eigenvalue weighted by molar-refractivity contribution is 8.14. The fourth-order valence-electron chi connectivity index (χ4n) is 2.57. The quantitative estimate of drug-likeness (QED) is 0.911. The topological polar surface area (TPSA) is 94.3 Å². The Hall–Kier alpha value is -1.96. The Balaban J connectivity index is 1.90. The highest BCUT2D eigenvalue weighted by atomic mass is 32.3. The number of rotatable bonds is 4. The third kappa shape index (κ3) is 3.08. The van der Waals surface area contributed by atoms with E-state index in [1.54, 1.807) is 12.1 Å². The molecular formula is C16H15NO4S2. The van der Waals surface area contributed by atoms with Gasteiger partial charge in [0.25, 0.3) is 0 Å². The molecule has 5 nitrogen and oxygen atoms in total. The first-order valence-corrected chi connectivity index (χ1v) is 9.98. The molecule has 2 N–H and O–H groups in total. The Labute approximate surface area is 135 Å². The standard InChI is InChI=1S/C16H15NO4S2/c17-23(20,21)16-11-14-9-8-13(10-15(14)22(16,18)19)7-6-12-4-2-1-3-5-12/h1-5,8-11H,6-7H2,(H2,17,20,21). The lowest BCUT2D eigenvalue weighted by Crippen LogP contribution is -2.19. The molecule has 0 fully saturated rings. The molecule has 7 heteroatoms. The maximum Gasteiger partial charge on any atom is 0.249 e. The summed E-state index contributed by atoms with van der Waals surface area (Å²) in [6.45, 7) is 0. The highest BCUT2D eigenvalue weighted by Gasteiger charge is 2.36. The Morgan fingerprint density at radius 3 is 2.22 bits per heavy atom. The number of nitrogens with two attached hydrogens (primary N) is 1. The molecule has 0 amide bonds. The number of aryl methyl sites for hydroxylation is 2. The SMILES string of the molecule is NS(=O)(=O)C1=Cc2ccc(CCc3ccccc3)cc2S1(=O)=O. The van der Waals surface area contributed by atoms with E-state index in [0.717, 1.165) is 23.6 Å². The number of sulfonamides is 1. The van der Waals surface area contributed by atoms with Crippen LogP contribution >= 0.6 is 0 Å². The number of primary sulfonamides is 1. The van der Waals surface area contributed by atoms with Crippen LogP contribution in [0.1, 0.15) is 16.7 Å². The number of hydrogen-bond acceptors (Lipinski definition) is 4. The van der Waals surface area contributed by atoms with Gasteiger partial charge in [0.15, 0.2) is 4.24 Å². The molecule has 120 valence electrons. The summed E-state index contributed by atoms with van der Waals surface area (Å²) in [6.07, 6.45) is 2.55. The summed E-state index contributed by atoms with van der Waals surface area (Å²) in [7, 11) is -8.33. The molecule has 1 aliphatic rings. The molecule has 1 aliphatic heterocycles. The van der Waals surface area contributed by atoms with Gasteiger partial charge >= 0.3 is 0 Å². The molecule has 2 aromatic rings. The van der Waals surface area contributed by atoms with Crippen LogP contribution in [0.4, 0.5) is 0 Å². The molecule has 0 aromatic heterocycles. The third-order valence-corrected chi connectivity index (χ3v) is 7.35. The van der Waals surface area contributed by atoms with Crippen LogP contribution in [-0.2, 0) is 32.7 Å². The lowest BCUT2D eigenvalue weighted by atomic mass is 10.0. The van der Waals surface area contributed by atoms with Crippen LogP contribution in [-0.4, -0.2) is 16.8 Å². The molecule has 23 heavy (non-hydrogen) atoms. The predicted octanol–water partition coefficient (Wildman–Crippen LogP) is 1.85. The van der Waals surface area contributed by atoms with Crippen molar-refractivity contribution in [1.29, 1.82) is 0 Å². The Morgan fingerprint density at radius 2 is 1.57 bits per heavy atom. The van der Waals surface area contributed by atoms with Crippen LogP contribution in [0.15, 0.2) is 57.7 Å². The molecule has 2 aromatic carbocycles. The van der Waals surface area contributed by atoms with E-state index in [4.69, 9.17) is 5.14 Å². The van der Waals surface area contributed by atoms with Gasteiger partial charge in [-0.05, 0) is 41.7 Å². The van der Waals surface area contributed by atoms with Crippen molar-refractivity contribution in [3.05, 3.63) is 69.5 Å². The average Bonchev–Trinajstić information content (AvgIpc) is 2.77. The van der Waals surface area contributed by atoms with Gasteiger partial charge in [0.2, 0.25) is 19.9 Å². The molecule has 0 saturated carbocycles. The fourth-order valence-corrected chi connectivity index (χ4v) is 5.59. The second kappa shape index (κ2) is 5.59. The van der Waals surface area contributed by atoms with Gasteiger partial charge in [-0.2, -0.15) is 0 Å². The van der Waals surface area contributed by atoms with E-state index in [0.29, 0.717) is 12.0 Å². The lowest BCUT2D eigenvalue weighted by Gasteiger charge is -2.06. The normalized spacial score (nSPS) is 16.0. The Morgan fingerprint density at radius 1 is 0.913 bits per heavy atom. The molecule has 0 spiro atoms. The highest BCUT2D eigenvalue weighted by Crippen LogP contribution is 2.35. The molecule has 0 unspecified atom stereocenters. The van der Waals surface area contributed by atoms with Gasteiger partial charge in [-0.15, -0.1) is 0 Å². The Bertz CT molecular complexity index is 992. The van der Waals surface area contributed by atoms with Crippen molar-refractivity contribution in [2.24, 2.45) is 5.14 Å². The van der Waals surface area contributed by atoms with Gasteiger partial charge in [-0.3, -0.25) is 0 Å². The minimum atomic E-state index is -4.27. The maximum atomic E-state index is 12.3. The first kappa shape index (κ1) is 15.9. The van der Waals surface area contributed by atoms with Gasteiger partial charge in [-0.25, -0.2) is 22.0 Å². The molecule has 0 aliphatic carbocycles. The van der Waals surface area contributed by atoms with E-state index in [1.807, 2.05) is 30.3 Å². The van der Waals surface area contributed by atoms with Crippen LogP contribution in [0.25, 0.3) is 6.08 Å². The summed E-state index contributed by atoms with van der Waals surface area (Å²) in [6, 6.07) is 14.8. The largest absolute Gasteiger partial charge is 0.249 e. The zero-order chi connectivity index (χ0) is 16.7. The van der Waals surface area contributed by atoms with Crippen LogP contribution in [0.2, 0.25) is 0 Å². The van der Waals surface area contributed by atoms with Crippen LogP contribution in [0, 0.1) is 0 Å². The number of benzene rings is 2. The summed E-state index contributed by atoms with van der Waals surface area (Å²) in [5, 5.41) is 4.99. The van der Waals surface area contributed by atoms with Gasteiger partial charge in [0, 0.05) is 0 Å². The van der Waals surface area contributed by atoms with Crippen LogP contribution < -0.4 is 5.14 Å². The molecule has 1 heterocycles. The zero-order valence-corrected chi connectivity index (χ0v) is 13.8. The van der Waals surface area contributed by atoms with Crippen molar-refractivity contribution >= 4 is 25.9 Å². The van der Waals surface area contributed by atoms with Crippen molar-refractivity contribution in [2.75, 3.05) is 0 Å². The summed E-state index contributed by atoms with van der Waals surface area (Å²) in [4.78, 5) is 0.00656. The molecule has 0 radical (unpaired) electrons. The minimum Gasteiger partial charge on any atom is -0.224 e. The van der Waals surface area contributed by atoms with E-state index < -0.39 is 24.1 Å². The van der Waals surface area contributed by atoms with Gasteiger partial charge in [0.05, 0.1) is 4.90 Å². The van der Waals surface area contributed by atoms with E-state index >= 15 is 0 Å². The number of fused-ring (bicyclic) bond motifs is 1. The molecule has 0 saturated heterocycles. The Kier molecular flexibility index (Phi) is 3.87. The maximum absolute atomic E-state index is 12.3. The smallest absolute Gasteiger partial charge is 0.224 e. The predicted molar refractivity (Wildman–Crippen MR) is 88.6 cm³/mol. The van der Waals surface area contributed by atoms with Crippen LogP contribution in [0.5, 0.6) is 0 Å². The third-order valence-electron chi connectivity index (χ3n) is 3.73. The number of sulfone groups is 1. The minimum absolute atomic E-state index is 0.00656. The van der Waals surface area contributed by atoms with E-state index in [-0.39, 0.29) is 4.90 Å². The molecule has 0 atom stereocenters. The molecule has 3 rings (SSSR count). The number of hydrogen-bond donors (Lipinski definition) is 1. The van der Waals surface area contributed by atoms with E-state index in [9.17, 15) is 16.8 Å². The molecule has 0 bridgehead atoms. The van der Waals surface area contributed by atoms with Crippen molar-refractivity contribution in [3.63, 3.8) is 0 Å². The van der Waals surface area contributed by atoms with E-state index in [2.05, 4.69) is 0 Å². The molecular weight excluding hydrogens is 334 g/mol. The van der Waals surface area contributed by atoms with Gasteiger partial charge in [0.1, 0.15) is 0 Å². The first-order valence-electron chi connectivity index (χ1n) is 6.95. The summed E-state index contributed by atoms with van der Waals surface area (Å²) in [5.41, 5.74) is 2.34. The lowest BCUT2D eigenvalue weighted by molar-refractivity contribution is 0.597. The van der Waals surface area contributed by atoms with Crippen molar-refractivity contribution < 1.29 is 16.8 Å². The van der Waals surface area contributed by atoms with Crippen LogP contribution in [0.3, 0.4) is 0 Å². The average molecular weight is 349 g/mol. The van der Waals surface area contributed by atoms with E-state index in [1.165, 1.54) is 6.07 Å². The van der Waals surface area contributed by atoms with Crippen molar-refractivity contribution in [2.45, 2.75) is 17.7 Å². The first-order chi connectivity index (χ1) is 10.8. The van der Waals surface area contributed by atoms with Crippen molar-refractivity contribution in [3.8, 4) is 0 Å². The second-order valence-corrected chi connectivity index (χ2v) is 9.04. The van der Waals surface area contributed by atoms with Gasteiger partial charge < -0.3 is 0 Å². The monoisotopic (exact) mass is 349 g/mol. The van der Waals surface area contributed by atoms with Gasteiger partial charge in [-0.1, -0.05) is 42.5 Å². The summed E-state index contributed by atoms with van der Waals surface area (Å²) >= 11 is 0. The summed E-state index contributed by atoms with van der Waals surface area (Å²) < 4.78 is 46.8. The zero-order valence-electron chi connectivity index (χ0n) is 12.1.